The Bertz CT molecular complexity index is 1150. The third-order valence-electron chi connectivity index (χ3n) is 7.58. The van der Waals surface area contributed by atoms with Crippen molar-refractivity contribution in [2.45, 2.75) is 79.4 Å². The molecule has 4 N–H and O–H groups in total. The monoisotopic (exact) mass is 627 g/mol. The van der Waals surface area contributed by atoms with Crippen molar-refractivity contribution in [2.75, 3.05) is 39.7 Å². The number of nitrogens with one attached hydrogen (secondary N) is 1. The van der Waals surface area contributed by atoms with Crippen molar-refractivity contribution < 1.29 is 32.5 Å². The second kappa shape index (κ2) is 18.3. The first-order valence-corrected chi connectivity index (χ1v) is 16.5. The SMILES string of the molecule is COCCCOc1cc(C[C@@H](C[C@H](N=[N+]=[N-])[C@@H](O)C[C@H](C(=O)NCC(C)(C)CS(N)(=O)=O)C(C)C)C(C)C)ccc1OC. The topological polar surface area (TPSA) is 186 Å². The van der Waals surface area contributed by atoms with Crippen LogP contribution in [0, 0.1) is 29.1 Å². The summed E-state index contributed by atoms with van der Waals surface area (Å²) in [5.41, 5.74) is 9.59. The molecule has 0 saturated heterocycles. The van der Waals surface area contributed by atoms with Crippen LogP contribution < -0.4 is 19.9 Å². The number of aliphatic hydroxyl groups excluding tert-OH is 1. The molecule has 1 aromatic carbocycles. The minimum atomic E-state index is -3.71. The highest BCUT2D eigenvalue weighted by molar-refractivity contribution is 7.89. The van der Waals surface area contributed by atoms with Crippen LogP contribution in [0.1, 0.15) is 66.4 Å². The third-order valence-corrected chi connectivity index (χ3v) is 8.76. The molecule has 0 aliphatic carbocycles. The van der Waals surface area contributed by atoms with Crippen molar-refractivity contribution in [1.82, 2.24) is 5.32 Å². The second-order valence-electron chi connectivity index (χ2n) is 12.7. The van der Waals surface area contributed by atoms with Gasteiger partial charge in [-0.05, 0) is 65.7 Å². The molecule has 1 aromatic rings. The lowest BCUT2D eigenvalue weighted by atomic mass is 9.80. The highest BCUT2D eigenvalue weighted by Gasteiger charge is 2.32. The number of sulfonamides is 1. The Kier molecular flexibility index (Phi) is 16.4. The molecule has 0 aliphatic rings. The van der Waals surface area contributed by atoms with E-state index in [2.05, 4.69) is 29.2 Å². The van der Waals surface area contributed by atoms with E-state index >= 15 is 0 Å². The summed E-state index contributed by atoms with van der Waals surface area (Å²) >= 11 is 0. The molecule has 0 heterocycles. The van der Waals surface area contributed by atoms with Gasteiger partial charge in [-0.2, -0.15) is 0 Å². The molecule has 43 heavy (non-hydrogen) atoms. The number of benzene rings is 1. The lowest BCUT2D eigenvalue weighted by Crippen LogP contribution is -2.44. The summed E-state index contributed by atoms with van der Waals surface area (Å²) < 4.78 is 39.6. The Labute approximate surface area is 257 Å². The molecule has 246 valence electrons. The molecule has 0 radical (unpaired) electrons. The van der Waals surface area contributed by atoms with E-state index in [9.17, 15) is 23.8 Å². The fourth-order valence-electron chi connectivity index (χ4n) is 5.05. The molecule has 0 bridgehead atoms. The fraction of sp³-hybridized carbons (Fsp3) is 0.767. The summed E-state index contributed by atoms with van der Waals surface area (Å²) in [7, 11) is -0.473. The van der Waals surface area contributed by atoms with Gasteiger partial charge < -0.3 is 24.6 Å². The molecule has 1 rings (SSSR count). The summed E-state index contributed by atoms with van der Waals surface area (Å²) in [6, 6.07) is 5.06. The van der Waals surface area contributed by atoms with Crippen LogP contribution in [0.4, 0.5) is 0 Å². The Morgan fingerprint density at radius 2 is 1.79 bits per heavy atom. The molecule has 12 nitrogen and oxygen atoms in total. The number of nitrogens with two attached hydrogens (primary N) is 1. The average molecular weight is 628 g/mol. The average Bonchev–Trinajstić information content (AvgIpc) is 2.90. The predicted molar refractivity (Wildman–Crippen MR) is 168 cm³/mol. The zero-order valence-corrected chi connectivity index (χ0v) is 27.9. The van der Waals surface area contributed by atoms with Crippen LogP contribution in [0.2, 0.25) is 0 Å². The zero-order valence-electron chi connectivity index (χ0n) is 27.1. The van der Waals surface area contributed by atoms with Gasteiger partial charge in [0, 0.05) is 37.5 Å². The van der Waals surface area contributed by atoms with Crippen LogP contribution >= 0.6 is 0 Å². The number of methoxy groups -OCH3 is 2. The molecule has 0 spiro atoms. The number of hydrogen-bond acceptors (Lipinski definition) is 8. The minimum Gasteiger partial charge on any atom is -0.493 e. The number of aliphatic hydroxyl groups is 1. The number of ether oxygens (including phenoxy) is 3. The van der Waals surface area contributed by atoms with Gasteiger partial charge in [-0.3, -0.25) is 4.79 Å². The molecule has 0 aromatic heterocycles. The molecular formula is C30H53N5O7S. The van der Waals surface area contributed by atoms with Crippen LogP contribution in [0.5, 0.6) is 11.5 Å². The predicted octanol–water partition coefficient (Wildman–Crippen LogP) is 4.45. The third kappa shape index (κ3) is 14.6. The highest BCUT2D eigenvalue weighted by Crippen LogP contribution is 2.32. The molecule has 0 saturated carbocycles. The fourth-order valence-corrected chi connectivity index (χ4v) is 6.24. The van der Waals surface area contributed by atoms with Gasteiger partial charge in [-0.1, -0.05) is 52.7 Å². The standard InChI is InChI=1S/C30H53N5O7S/c1-20(2)23(14-22-10-11-27(41-8)28(15-22)42-13-9-12-40-7)16-25(34-35-31)26(36)17-24(21(3)4)29(37)33-18-30(5,6)19-43(32,38)39/h10-11,15,20-21,23-26,36H,9,12-14,16-19H2,1-8H3,(H,33,37)(H2,32,38,39)/t23-,24-,25-,26-/m0/s1. The first-order valence-electron chi connectivity index (χ1n) is 14.8. The summed E-state index contributed by atoms with van der Waals surface area (Å²) in [5, 5.41) is 23.2. The van der Waals surface area contributed by atoms with Crippen molar-refractivity contribution in [3.63, 3.8) is 0 Å². The quantitative estimate of drug-likeness (QED) is 0.0777. The van der Waals surface area contributed by atoms with Crippen LogP contribution in [0.3, 0.4) is 0 Å². The molecule has 13 heteroatoms. The Hall–Kier alpha value is -2.57. The van der Waals surface area contributed by atoms with Gasteiger partial charge in [0.25, 0.3) is 0 Å². The number of primary sulfonamides is 1. The van der Waals surface area contributed by atoms with E-state index in [0.29, 0.717) is 37.6 Å². The van der Waals surface area contributed by atoms with Crippen molar-refractivity contribution >= 4 is 15.9 Å². The largest absolute Gasteiger partial charge is 0.493 e. The van der Waals surface area contributed by atoms with Gasteiger partial charge in [-0.25, -0.2) is 13.6 Å². The lowest BCUT2D eigenvalue weighted by Gasteiger charge is -2.30. The van der Waals surface area contributed by atoms with E-state index in [1.807, 2.05) is 32.0 Å². The first-order chi connectivity index (χ1) is 20.0. The Morgan fingerprint density at radius 3 is 2.33 bits per heavy atom. The first kappa shape index (κ1) is 38.5. The van der Waals surface area contributed by atoms with Crippen LogP contribution in [-0.2, 0) is 26.0 Å². The summed E-state index contributed by atoms with van der Waals surface area (Å²) in [6.07, 6.45) is 0.867. The van der Waals surface area contributed by atoms with E-state index in [0.717, 1.165) is 12.0 Å². The summed E-state index contributed by atoms with van der Waals surface area (Å²) in [4.78, 5) is 16.2. The highest BCUT2D eigenvalue weighted by atomic mass is 32.2. The van der Waals surface area contributed by atoms with E-state index in [4.69, 9.17) is 19.3 Å². The maximum atomic E-state index is 13.1. The molecule has 4 atom stereocenters. The van der Waals surface area contributed by atoms with E-state index in [1.165, 1.54) is 0 Å². The Morgan fingerprint density at radius 1 is 1.12 bits per heavy atom. The van der Waals surface area contributed by atoms with Gasteiger partial charge in [0.05, 0.1) is 31.6 Å². The van der Waals surface area contributed by atoms with Gasteiger partial charge >= 0.3 is 0 Å². The number of rotatable bonds is 21. The van der Waals surface area contributed by atoms with Crippen LogP contribution in [0.15, 0.2) is 23.3 Å². The number of azide groups is 1. The summed E-state index contributed by atoms with van der Waals surface area (Å²) in [5.74, 6) is 0.276. The smallest absolute Gasteiger partial charge is 0.223 e. The number of hydrogen-bond donors (Lipinski definition) is 3. The number of amides is 1. The van der Waals surface area contributed by atoms with Crippen molar-refractivity contribution in [3.05, 3.63) is 34.2 Å². The van der Waals surface area contributed by atoms with Gasteiger partial charge in [0.2, 0.25) is 15.9 Å². The van der Waals surface area contributed by atoms with Crippen molar-refractivity contribution in [1.29, 1.82) is 0 Å². The normalized spacial score (nSPS) is 15.0. The van der Waals surface area contributed by atoms with E-state index < -0.39 is 33.5 Å². The van der Waals surface area contributed by atoms with Gasteiger partial charge in [0.15, 0.2) is 11.5 Å². The Balaban J connectivity index is 3.04. The molecule has 0 aliphatic heterocycles. The number of nitrogens with zero attached hydrogens (tertiary/aromatic N) is 3. The second-order valence-corrected chi connectivity index (χ2v) is 14.4. The number of carbonyl (C=O) groups is 1. The van der Waals surface area contributed by atoms with Crippen molar-refractivity contribution in [3.8, 4) is 11.5 Å². The minimum absolute atomic E-state index is 0.0604. The molecule has 0 fully saturated rings. The van der Waals surface area contributed by atoms with E-state index in [-0.39, 0.29) is 42.4 Å². The van der Waals surface area contributed by atoms with Crippen LogP contribution in [0.25, 0.3) is 10.4 Å². The van der Waals surface area contributed by atoms with Crippen LogP contribution in [-0.4, -0.2) is 71.3 Å². The zero-order chi connectivity index (χ0) is 32.8. The molecular weight excluding hydrogens is 574 g/mol. The summed E-state index contributed by atoms with van der Waals surface area (Å²) in [6.45, 7) is 12.5. The van der Waals surface area contributed by atoms with Gasteiger partial charge in [-0.15, -0.1) is 0 Å². The van der Waals surface area contributed by atoms with Gasteiger partial charge in [0.1, 0.15) is 0 Å². The maximum Gasteiger partial charge on any atom is 0.223 e. The van der Waals surface area contributed by atoms with Crippen molar-refractivity contribution in [2.24, 2.45) is 39.3 Å². The molecule has 0 unspecified atom stereocenters. The number of carbonyl (C=O) groups excluding carboxylic acids is 1. The lowest BCUT2D eigenvalue weighted by molar-refractivity contribution is -0.128. The maximum absolute atomic E-state index is 13.1. The molecule has 1 amide bonds. The van der Waals surface area contributed by atoms with E-state index in [1.54, 1.807) is 28.1 Å².